The molecule has 0 N–H and O–H groups in total. The predicted molar refractivity (Wildman–Crippen MR) is 120 cm³/mol. The van der Waals surface area contributed by atoms with Crippen molar-refractivity contribution in [2.45, 2.75) is 18.9 Å². The molecular formula is C24H29ClN2O4. The van der Waals surface area contributed by atoms with Gasteiger partial charge in [0.15, 0.2) is 0 Å². The summed E-state index contributed by atoms with van der Waals surface area (Å²) in [6.07, 6.45) is 2.34. The van der Waals surface area contributed by atoms with Crippen LogP contribution in [-0.4, -0.2) is 74.4 Å². The van der Waals surface area contributed by atoms with Gasteiger partial charge in [-0.1, -0.05) is 11.6 Å². The zero-order chi connectivity index (χ0) is 21.5. The van der Waals surface area contributed by atoms with E-state index in [4.69, 9.17) is 25.8 Å². The Morgan fingerprint density at radius 1 is 0.968 bits per heavy atom. The highest BCUT2D eigenvalue weighted by Gasteiger charge is 2.22. The molecule has 2 aromatic rings. The van der Waals surface area contributed by atoms with E-state index in [2.05, 4.69) is 4.90 Å². The number of hydrogen-bond donors (Lipinski definition) is 0. The van der Waals surface area contributed by atoms with Crippen LogP contribution >= 0.6 is 11.6 Å². The third kappa shape index (κ3) is 6.35. The Kier molecular flexibility index (Phi) is 7.67. The zero-order valence-electron chi connectivity index (χ0n) is 17.7. The molecular weight excluding hydrogens is 416 g/mol. The van der Waals surface area contributed by atoms with E-state index in [1.807, 2.05) is 53.4 Å². The zero-order valence-corrected chi connectivity index (χ0v) is 18.4. The van der Waals surface area contributed by atoms with E-state index in [1.54, 1.807) is 0 Å². The second-order valence-electron chi connectivity index (χ2n) is 7.91. The molecule has 6 nitrogen and oxygen atoms in total. The molecule has 4 rings (SSSR count). The summed E-state index contributed by atoms with van der Waals surface area (Å²) in [5.41, 5.74) is 0.698. The minimum absolute atomic E-state index is 0.0720. The van der Waals surface area contributed by atoms with E-state index in [-0.39, 0.29) is 12.0 Å². The van der Waals surface area contributed by atoms with Crippen molar-refractivity contribution in [1.29, 1.82) is 0 Å². The first-order valence-electron chi connectivity index (χ1n) is 10.9. The summed E-state index contributed by atoms with van der Waals surface area (Å²) in [4.78, 5) is 17.1. The molecule has 0 radical (unpaired) electrons. The molecule has 2 aromatic carbocycles. The van der Waals surface area contributed by atoms with Crippen molar-refractivity contribution < 1.29 is 19.0 Å². The van der Waals surface area contributed by atoms with Crippen LogP contribution in [0.5, 0.6) is 11.5 Å². The van der Waals surface area contributed by atoms with Gasteiger partial charge in [-0.2, -0.15) is 0 Å². The summed E-state index contributed by atoms with van der Waals surface area (Å²) in [6, 6.07) is 14.8. The summed E-state index contributed by atoms with van der Waals surface area (Å²) >= 11 is 5.89. The maximum absolute atomic E-state index is 12.8. The van der Waals surface area contributed by atoms with Gasteiger partial charge in [0.1, 0.15) is 24.7 Å². The van der Waals surface area contributed by atoms with E-state index in [0.717, 1.165) is 63.7 Å². The van der Waals surface area contributed by atoms with Crippen LogP contribution in [0.3, 0.4) is 0 Å². The molecule has 2 aliphatic heterocycles. The first-order chi connectivity index (χ1) is 15.2. The molecule has 0 aromatic heterocycles. The fourth-order valence-corrected chi connectivity index (χ4v) is 3.97. The molecule has 1 atom stereocenters. The van der Waals surface area contributed by atoms with Gasteiger partial charge >= 0.3 is 0 Å². The maximum atomic E-state index is 12.8. The van der Waals surface area contributed by atoms with Gasteiger partial charge in [0.2, 0.25) is 0 Å². The Hall–Kier alpha value is -2.28. The monoisotopic (exact) mass is 444 g/mol. The van der Waals surface area contributed by atoms with Gasteiger partial charge in [0.25, 0.3) is 5.91 Å². The molecule has 1 amide bonds. The number of amides is 1. The lowest BCUT2D eigenvalue weighted by Gasteiger charge is -2.34. The molecule has 0 aliphatic carbocycles. The highest BCUT2D eigenvalue weighted by molar-refractivity contribution is 6.30. The number of rotatable bonds is 8. The van der Waals surface area contributed by atoms with Gasteiger partial charge in [-0.25, -0.2) is 0 Å². The molecule has 2 aliphatic rings. The quantitative estimate of drug-likeness (QED) is 0.621. The molecule has 2 fully saturated rings. The average molecular weight is 445 g/mol. The fourth-order valence-electron chi connectivity index (χ4n) is 3.84. The number of hydrogen-bond acceptors (Lipinski definition) is 5. The SMILES string of the molecule is O=C(c1ccc(OCC2CCCO2)cc1)N1CCN(CCOc2ccc(Cl)cc2)CC1. The van der Waals surface area contributed by atoms with Crippen molar-refractivity contribution in [3.8, 4) is 11.5 Å². The average Bonchev–Trinajstić information content (AvgIpc) is 3.33. The van der Waals surface area contributed by atoms with E-state index in [9.17, 15) is 4.79 Å². The van der Waals surface area contributed by atoms with E-state index in [1.165, 1.54) is 0 Å². The van der Waals surface area contributed by atoms with Crippen molar-refractivity contribution in [3.63, 3.8) is 0 Å². The highest BCUT2D eigenvalue weighted by atomic mass is 35.5. The molecule has 2 saturated heterocycles. The molecule has 1 unspecified atom stereocenters. The van der Waals surface area contributed by atoms with Gasteiger partial charge < -0.3 is 19.1 Å². The molecule has 0 bridgehead atoms. The summed E-state index contributed by atoms with van der Waals surface area (Å²) in [7, 11) is 0. The van der Waals surface area contributed by atoms with E-state index in [0.29, 0.717) is 23.8 Å². The normalized spacial score (nSPS) is 19.4. The second-order valence-corrected chi connectivity index (χ2v) is 8.34. The number of carbonyl (C=O) groups excluding carboxylic acids is 1. The fraction of sp³-hybridized carbons (Fsp3) is 0.458. The minimum Gasteiger partial charge on any atom is -0.492 e. The van der Waals surface area contributed by atoms with Crippen LogP contribution in [0.15, 0.2) is 48.5 Å². The van der Waals surface area contributed by atoms with Crippen LogP contribution in [0.25, 0.3) is 0 Å². The molecule has 31 heavy (non-hydrogen) atoms. The first kappa shape index (κ1) is 21.9. The number of nitrogens with zero attached hydrogens (tertiary/aromatic N) is 2. The standard InChI is InChI=1S/C24H29ClN2O4/c25-20-5-9-21(10-6-20)30-17-15-26-11-13-27(14-12-26)24(28)19-3-7-22(8-4-19)31-18-23-2-1-16-29-23/h3-10,23H,1-2,11-18H2. The van der Waals surface area contributed by atoms with Gasteiger partial charge in [-0.05, 0) is 61.4 Å². The Labute approximate surface area is 188 Å². The molecule has 166 valence electrons. The Balaban J connectivity index is 1.17. The molecule has 2 heterocycles. The minimum atomic E-state index is 0.0720. The summed E-state index contributed by atoms with van der Waals surface area (Å²) < 4.78 is 17.1. The molecule has 0 spiro atoms. The maximum Gasteiger partial charge on any atom is 0.253 e. The first-order valence-corrected chi connectivity index (χ1v) is 11.3. The van der Waals surface area contributed by atoms with Crippen LogP contribution < -0.4 is 9.47 Å². The van der Waals surface area contributed by atoms with E-state index < -0.39 is 0 Å². The van der Waals surface area contributed by atoms with Gasteiger partial charge in [-0.15, -0.1) is 0 Å². The topological polar surface area (TPSA) is 51.2 Å². The summed E-state index contributed by atoms with van der Waals surface area (Å²) in [6.45, 7) is 5.97. The Bertz CT molecular complexity index is 830. The third-order valence-electron chi connectivity index (χ3n) is 5.71. The van der Waals surface area contributed by atoms with Crippen LogP contribution in [0, 0.1) is 0 Å². The van der Waals surface area contributed by atoms with Crippen LogP contribution in [0.2, 0.25) is 5.02 Å². The van der Waals surface area contributed by atoms with Gasteiger partial charge in [0, 0.05) is 49.9 Å². The lowest BCUT2D eigenvalue weighted by molar-refractivity contribution is 0.0619. The van der Waals surface area contributed by atoms with Crippen molar-refractivity contribution in [2.24, 2.45) is 0 Å². The lowest BCUT2D eigenvalue weighted by Crippen LogP contribution is -2.49. The van der Waals surface area contributed by atoms with Crippen LogP contribution in [0.1, 0.15) is 23.2 Å². The number of halogens is 1. The highest BCUT2D eigenvalue weighted by Crippen LogP contribution is 2.18. The predicted octanol–water partition coefficient (Wildman–Crippen LogP) is 3.73. The summed E-state index contributed by atoms with van der Waals surface area (Å²) in [5.74, 6) is 1.67. The third-order valence-corrected chi connectivity index (χ3v) is 5.96. The Morgan fingerprint density at radius 3 is 2.32 bits per heavy atom. The van der Waals surface area contributed by atoms with Crippen molar-refractivity contribution in [1.82, 2.24) is 9.80 Å². The largest absolute Gasteiger partial charge is 0.492 e. The van der Waals surface area contributed by atoms with Gasteiger partial charge in [-0.3, -0.25) is 9.69 Å². The molecule has 7 heteroatoms. The number of ether oxygens (including phenoxy) is 3. The Morgan fingerprint density at radius 2 is 1.65 bits per heavy atom. The van der Waals surface area contributed by atoms with Crippen LogP contribution in [0.4, 0.5) is 0 Å². The van der Waals surface area contributed by atoms with Gasteiger partial charge in [0.05, 0.1) is 6.10 Å². The van der Waals surface area contributed by atoms with Crippen molar-refractivity contribution in [3.05, 3.63) is 59.1 Å². The number of piperazine rings is 1. The van der Waals surface area contributed by atoms with E-state index >= 15 is 0 Å². The summed E-state index contributed by atoms with van der Waals surface area (Å²) in [5, 5.41) is 0.703. The molecule has 0 saturated carbocycles. The second kappa shape index (κ2) is 10.8. The van der Waals surface area contributed by atoms with Crippen molar-refractivity contribution >= 4 is 17.5 Å². The smallest absolute Gasteiger partial charge is 0.253 e. The number of benzene rings is 2. The lowest BCUT2D eigenvalue weighted by atomic mass is 10.1. The number of carbonyl (C=O) groups is 1. The van der Waals surface area contributed by atoms with Crippen molar-refractivity contribution in [2.75, 3.05) is 52.5 Å². The van der Waals surface area contributed by atoms with Crippen LogP contribution in [-0.2, 0) is 4.74 Å².